The van der Waals surface area contributed by atoms with Crippen LogP contribution >= 0.6 is 0 Å². The topological polar surface area (TPSA) is 62.8 Å². The number of benzene rings is 2. The van der Waals surface area contributed by atoms with Crippen LogP contribution in [0.4, 0.5) is 19.3 Å². The number of amides is 2. The van der Waals surface area contributed by atoms with Gasteiger partial charge in [-0.1, -0.05) is 18.2 Å². The standard InChI is InChI=1S/C27H35F2N3O3/c1-2-34-23-6-3-5-22(16-23)30-27(33)31-25-7-4-14-35-26(25)18-32-13-12-20(24(29)17-32)15-19-8-10-21(28)11-9-19/h3,5-6,8-11,16,20,24-26H,2,4,7,12-15,17-18H2,1H3,(H2,30,31,33)/t20?,24?,25-,26-/m1/s1. The Balaban J connectivity index is 1.27. The number of carbonyl (C=O) groups excluding carboxylic acids is 1. The van der Waals surface area contributed by atoms with Gasteiger partial charge in [0.2, 0.25) is 0 Å². The van der Waals surface area contributed by atoms with E-state index in [2.05, 4.69) is 15.5 Å². The zero-order chi connectivity index (χ0) is 24.6. The normalized spacial score (nSPS) is 25.1. The summed E-state index contributed by atoms with van der Waals surface area (Å²) < 4.78 is 39.7. The van der Waals surface area contributed by atoms with Gasteiger partial charge in [0.15, 0.2) is 0 Å². The molecule has 2 heterocycles. The van der Waals surface area contributed by atoms with Crippen molar-refractivity contribution in [1.82, 2.24) is 10.2 Å². The number of hydrogen-bond donors (Lipinski definition) is 2. The maximum Gasteiger partial charge on any atom is 0.319 e. The minimum absolute atomic E-state index is 0.0730. The Hall–Kier alpha value is -2.71. The number of ether oxygens (including phenoxy) is 2. The number of alkyl halides is 1. The predicted molar refractivity (Wildman–Crippen MR) is 132 cm³/mol. The molecule has 2 aromatic carbocycles. The third-order valence-electron chi connectivity index (χ3n) is 6.77. The Labute approximate surface area is 206 Å². The smallest absolute Gasteiger partial charge is 0.319 e. The summed E-state index contributed by atoms with van der Waals surface area (Å²) in [5.41, 5.74) is 1.62. The first kappa shape index (κ1) is 25.4. The Bertz CT molecular complexity index is 959. The quantitative estimate of drug-likeness (QED) is 0.562. The first-order valence-electron chi connectivity index (χ1n) is 12.5. The van der Waals surface area contributed by atoms with E-state index in [0.29, 0.717) is 44.2 Å². The van der Waals surface area contributed by atoms with Crippen LogP contribution in [0.5, 0.6) is 5.75 Å². The first-order valence-corrected chi connectivity index (χ1v) is 12.5. The molecule has 0 bridgehead atoms. The van der Waals surface area contributed by atoms with Crippen molar-refractivity contribution in [3.8, 4) is 5.75 Å². The number of nitrogens with one attached hydrogen (secondary N) is 2. The van der Waals surface area contributed by atoms with Crippen LogP contribution in [0, 0.1) is 11.7 Å². The van der Waals surface area contributed by atoms with E-state index >= 15 is 4.39 Å². The number of likely N-dealkylation sites (tertiary alicyclic amines) is 1. The molecule has 4 rings (SSSR count). The van der Waals surface area contributed by atoms with Crippen molar-refractivity contribution in [1.29, 1.82) is 0 Å². The molecule has 4 atom stereocenters. The monoisotopic (exact) mass is 487 g/mol. The fraction of sp³-hybridized carbons (Fsp3) is 0.519. The molecule has 2 aromatic rings. The van der Waals surface area contributed by atoms with Crippen molar-refractivity contribution in [2.75, 3.05) is 38.2 Å². The molecule has 0 aromatic heterocycles. The molecule has 2 aliphatic heterocycles. The summed E-state index contributed by atoms with van der Waals surface area (Å²) in [5.74, 6) is 0.354. The van der Waals surface area contributed by atoms with Crippen LogP contribution in [-0.2, 0) is 11.2 Å². The van der Waals surface area contributed by atoms with Gasteiger partial charge in [-0.2, -0.15) is 0 Å². The van der Waals surface area contributed by atoms with Crippen LogP contribution in [0.1, 0.15) is 31.7 Å². The van der Waals surface area contributed by atoms with E-state index in [1.807, 2.05) is 25.1 Å². The van der Waals surface area contributed by atoms with Crippen molar-refractivity contribution >= 4 is 11.7 Å². The summed E-state index contributed by atoms with van der Waals surface area (Å²) >= 11 is 0. The number of hydrogen-bond acceptors (Lipinski definition) is 4. The van der Waals surface area contributed by atoms with Crippen LogP contribution in [0.25, 0.3) is 0 Å². The van der Waals surface area contributed by atoms with Crippen molar-refractivity contribution < 1.29 is 23.0 Å². The summed E-state index contributed by atoms with van der Waals surface area (Å²) in [6.45, 7) is 4.80. The number of carbonyl (C=O) groups is 1. The molecule has 2 unspecified atom stereocenters. The van der Waals surface area contributed by atoms with Crippen molar-refractivity contribution in [3.63, 3.8) is 0 Å². The number of piperidine rings is 1. The third-order valence-corrected chi connectivity index (χ3v) is 6.77. The highest BCUT2D eigenvalue weighted by molar-refractivity contribution is 5.89. The van der Waals surface area contributed by atoms with Crippen molar-refractivity contribution in [2.24, 2.45) is 5.92 Å². The highest BCUT2D eigenvalue weighted by atomic mass is 19.1. The lowest BCUT2D eigenvalue weighted by atomic mass is 9.88. The number of nitrogens with zero attached hydrogens (tertiary/aromatic N) is 1. The predicted octanol–water partition coefficient (Wildman–Crippen LogP) is 4.80. The molecular weight excluding hydrogens is 452 g/mol. The van der Waals surface area contributed by atoms with Gasteiger partial charge in [0, 0.05) is 31.5 Å². The van der Waals surface area contributed by atoms with E-state index in [9.17, 15) is 9.18 Å². The molecule has 0 saturated carbocycles. The molecule has 2 fully saturated rings. The van der Waals surface area contributed by atoms with E-state index in [-0.39, 0.29) is 29.9 Å². The molecule has 0 spiro atoms. The summed E-state index contributed by atoms with van der Waals surface area (Å²) in [7, 11) is 0. The van der Waals surface area contributed by atoms with Crippen LogP contribution in [0.15, 0.2) is 48.5 Å². The fourth-order valence-corrected chi connectivity index (χ4v) is 4.94. The molecule has 35 heavy (non-hydrogen) atoms. The van der Waals surface area contributed by atoms with Crippen LogP contribution < -0.4 is 15.4 Å². The summed E-state index contributed by atoms with van der Waals surface area (Å²) in [4.78, 5) is 14.8. The number of rotatable bonds is 8. The summed E-state index contributed by atoms with van der Waals surface area (Å²) in [6, 6.07) is 13.2. The van der Waals surface area contributed by atoms with Gasteiger partial charge in [-0.25, -0.2) is 13.6 Å². The molecule has 2 aliphatic rings. The molecule has 0 aliphatic carbocycles. The van der Waals surface area contributed by atoms with Gasteiger partial charge in [-0.3, -0.25) is 4.90 Å². The molecule has 8 heteroatoms. The molecule has 190 valence electrons. The number of anilines is 1. The second-order valence-electron chi connectivity index (χ2n) is 9.37. The minimum Gasteiger partial charge on any atom is -0.494 e. The lowest BCUT2D eigenvalue weighted by molar-refractivity contribution is -0.0370. The van der Waals surface area contributed by atoms with Gasteiger partial charge in [0.1, 0.15) is 17.7 Å². The Kier molecular flexibility index (Phi) is 8.93. The van der Waals surface area contributed by atoms with E-state index in [0.717, 1.165) is 31.4 Å². The maximum atomic E-state index is 15.0. The zero-order valence-electron chi connectivity index (χ0n) is 20.2. The van der Waals surface area contributed by atoms with E-state index < -0.39 is 6.17 Å². The zero-order valence-corrected chi connectivity index (χ0v) is 20.2. The van der Waals surface area contributed by atoms with Crippen LogP contribution in [0.2, 0.25) is 0 Å². The van der Waals surface area contributed by atoms with E-state index in [4.69, 9.17) is 9.47 Å². The second kappa shape index (κ2) is 12.3. The molecule has 2 N–H and O–H groups in total. The average Bonchev–Trinajstić information content (AvgIpc) is 2.84. The Morgan fingerprint density at radius 2 is 2.03 bits per heavy atom. The maximum absolute atomic E-state index is 15.0. The molecule has 2 amide bonds. The molecule has 0 radical (unpaired) electrons. The average molecular weight is 488 g/mol. The SMILES string of the molecule is CCOc1cccc(NC(=O)N[C@@H]2CCCO[C@@H]2CN2CCC(Cc3ccc(F)cc3)C(F)C2)c1. The van der Waals surface area contributed by atoms with Gasteiger partial charge in [-0.05, 0) is 74.9 Å². The lowest BCUT2D eigenvalue weighted by Crippen LogP contribution is -2.54. The Morgan fingerprint density at radius 3 is 2.80 bits per heavy atom. The van der Waals surface area contributed by atoms with Crippen molar-refractivity contribution in [3.05, 3.63) is 59.9 Å². The summed E-state index contributed by atoms with van der Waals surface area (Å²) in [5, 5.41) is 5.92. The number of urea groups is 1. The highest BCUT2D eigenvalue weighted by Gasteiger charge is 2.34. The van der Waals surface area contributed by atoms with Crippen molar-refractivity contribution in [2.45, 2.75) is 50.9 Å². The third kappa shape index (κ3) is 7.39. The first-order chi connectivity index (χ1) is 17.0. The highest BCUT2D eigenvalue weighted by Crippen LogP contribution is 2.26. The van der Waals surface area contributed by atoms with E-state index in [1.54, 1.807) is 18.2 Å². The Morgan fingerprint density at radius 1 is 1.20 bits per heavy atom. The van der Waals surface area contributed by atoms with Gasteiger partial charge >= 0.3 is 6.03 Å². The minimum atomic E-state index is -0.954. The largest absolute Gasteiger partial charge is 0.494 e. The van der Waals surface area contributed by atoms with Crippen LogP contribution in [-0.4, -0.2) is 62.1 Å². The van der Waals surface area contributed by atoms with Crippen LogP contribution in [0.3, 0.4) is 0 Å². The lowest BCUT2D eigenvalue weighted by Gasteiger charge is -2.39. The van der Waals surface area contributed by atoms with Gasteiger partial charge in [0.25, 0.3) is 0 Å². The van der Waals surface area contributed by atoms with Gasteiger partial charge < -0.3 is 20.1 Å². The molecule has 2 saturated heterocycles. The fourth-order valence-electron chi connectivity index (χ4n) is 4.94. The second-order valence-corrected chi connectivity index (χ2v) is 9.37. The number of halogens is 2. The van der Waals surface area contributed by atoms with Gasteiger partial charge in [0.05, 0.1) is 18.8 Å². The summed E-state index contributed by atoms with van der Waals surface area (Å²) in [6.07, 6.45) is 1.89. The van der Waals surface area contributed by atoms with Gasteiger partial charge in [-0.15, -0.1) is 0 Å². The molecule has 6 nitrogen and oxygen atoms in total. The van der Waals surface area contributed by atoms with E-state index in [1.165, 1.54) is 12.1 Å². The molecular formula is C27H35F2N3O3.